The predicted molar refractivity (Wildman–Crippen MR) is 84.7 cm³/mol. The number of rotatable bonds is 11. The molecular formula is C18H30O3. The summed E-state index contributed by atoms with van der Waals surface area (Å²) in [7, 11) is 0. The first-order chi connectivity index (χ1) is 10.2. The van der Waals surface area contributed by atoms with Crippen molar-refractivity contribution in [3.63, 3.8) is 0 Å². The molecule has 21 heavy (non-hydrogen) atoms. The van der Waals surface area contributed by atoms with Crippen molar-refractivity contribution in [2.45, 2.75) is 78.1 Å². The van der Waals surface area contributed by atoms with E-state index < -0.39 is 0 Å². The molecule has 0 saturated carbocycles. The van der Waals surface area contributed by atoms with Crippen LogP contribution < -0.4 is 0 Å². The van der Waals surface area contributed by atoms with Gasteiger partial charge in [-0.15, -0.1) is 0 Å². The molecule has 1 heterocycles. The molecule has 120 valence electrons. The van der Waals surface area contributed by atoms with Crippen LogP contribution in [0, 0.1) is 11.8 Å². The van der Waals surface area contributed by atoms with Gasteiger partial charge in [0.1, 0.15) is 0 Å². The number of esters is 2. The molecule has 1 rings (SSSR count). The van der Waals surface area contributed by atoms with Gasteiger partial charge in [0.15, 0.2) is 0 Å². The van der Waals surface area contributed by atoms with Crippen LogP contribution in [0.4, 0.5) is 0 Å². The summed E-state index contributed by atoms with van der Waals surface area (Å²) in [5.74, 6) is -0.485. The van der Waals surface area contributed by atoms with Gasteiger partial charge in [-0.25, -0.2) is 0 Å². The van der Waals surface area contributed by atoms with Gasteiger partial charge in [-0.05, 0) is 38.0 Å². The van der Waals surface area contributed by atoms with Gasteiger partial charge >= 0.3 is 11.9 Å². The molecule has 3 heteroatoms. The summed E-state index contributed by atoms with van der Waals surface area (Å²) < 4.78 is 4.72. The summed E-state index contributed by atoms with van der Waals surface area (Å²) in [6.45, 7) is 4.35. The number of unbranched alkanes of at least 4 members (excludes halogenated alkanes) is 4. The van der Waals surface area contributed by atoms with Crippen LogP contribution in [0.2, 0.25) is 0 Å². The molecule has 2 atom stereocenters. The van der Waals surface area contributed by atoms with E-state index in [2.05, 4.69) is 26.0 Å². The number of carbonyl (C=O) groups excluding carboxylic acids is 2. The second-order valence-corrected chi connectivity index (χ2v) is 6.05. The molecule has 1 fully saturated rings. The van der Waals surface area contributed by atoms with E-state index in [1.165, 1.54) is 12.8 Å². The first-order valence-electron chi connectivity index (χ1n) is 8.58. The van der Waals surface area contributed by atoms with E-state index in [1.54, 1.807) is 0 Å². The molecule has 0 aromatic carbocycles. The fourth-order valence-corrected chi connectivity index (χ4v) is 2.94. The number of cyclic esters (lactones) is 2. The zero-order valence-corrected chi connectivity index (χ0v) is 13.6. The fourth-order valence-electron chi connectivity index (χ4n) is 2.94. The van der Waals surface area contributed by atoms with Crippen LogP contribution in [0.15, 0.2) is 12.2 Å². The van der Waals surface area contributed by atoms with Crippen LogP contribution in [0.5, 0.6) is 0 Å². The third-order valence-corrected chi connectivity index (χ3v) is 4.22. The average molecular weight is 294 g/mol. The van der Waals surface area contributed by atoms with Gasteiger partial charge in [-0.2, -0.15) is 0 Å². The lowest BCUT2D eigenvalue weighted by atomic mass is 9.83. The summed E-state index contributed by atoms with van der Waals surface area (Å²) >= 11 is 0. The third kappa shape index (κ3) is 6.92. The summed E-state index contributed by atoms with van der Waals surface area (Å²) in [5.41, 5.74) is 0. The molecule has 0 radical (unpaired) electrons. The van der Waals surface area contributed by atoms with Gasteiger partial charge in [-0.3, -0.25) is 9.59 Å². The van der Waals surface area contributed by atoms with Gasteiger partial charge in [0.2, 0.25) is 0 Å². The van der Waals surface area contributed by atoms with E-state index in [1.807, 2.05) is 0 Å². The Kier molecular flexibility index (Phi) is 9.04. The lowest BCUT2D eigenvalue weighted by Crippen LogP contribution is -2.19. The summed E-state index contributed by atoms with van der Waals surface area (Å²) in [6.07, 6.45) is 14.9. The van der Waals surface area contributed by atoms with Crippen molar-refractivity contribution in [1.82, 2.24) is 0 Å². The Balaban J connectivity index is 2.33. The molecule has 0 aliphatic carbocycles. The lowest BCUT2D eigenvalue weighted by molar-refractivity contribution is -0.153. The maximum absolute atomic E-state index is 11.7. The standard InChI is InChI=1S/C18H30O3/c1-3-5-7-8-9-10-11-13-15(12-6-4-2)16-14-17(19)21-18(16)20/h7-8,15-16H,3-6,9-14H2,1-2H3. The highest BCUT2D eigenvalue weighted by Crippen LogP contribution is 2.32. The van der Waals surface area contributed by atoms with E-state index in [0.29, 0.717) is 12.3 Å². The Morgan fingerprint density at radius 1 is 1.05 bits per heavy atom. The minimum Gasteiger partial charge on any atom is -0.393 e. The quantitative estimate of drug-likeness (QED) is 0.238. The van der Waals surface area contributed by atoms with E-state index in [0.717, 1.165) is 44.9 Å². The van der Waals surface area contributed by atoms with Crippen molar-refractivity contribution in [1.29, 1.82) is 0 Å². The van der Waals surface area contributed by atoms with Crippen molar-refractivity contribution in [2.75, 3.05) is 0 Å². The van der Waals surface area contributed by atoms with Gasteiger partial charge in [0.25, 0.3) is 0 Å². The molecule has 0 amide bonds. The monoisotopic (exact) mass is 294 g/mol. The Morgan fingerprint density at radius 2 is 1.76 bits per heavy atom. The van der Waals surface area contributed by atoms with E-state index in [-0.39, 0.29) is 17.9 Å². The Bertz CT molecular complexity index is 346. The first-order valence-corrected chi connectivity index (χ1v) is 8.58. The van der Waals surface area contributed by atoms with E-state index >= 15 is 0 Å². The second kappa shape index (κ2) is 10.6. The Hall–Kier alpha value is -1.12. The van der Waals surface area contributed by atoms with Crippen molar-refractivity contribution >= 4 is 11.9 Å². The molecule has 1 aliphatic rings. The second-order valence-electron chi connectivity index (χ2n) is 6.05. The highest BCUT2D eigenvalue weighted by atomic mass is 16.6. The number of ether oxygens (including phenoxy) is 1. The van der Waals surface area contributed by atoms with Gasteiger partial charge in [0, 0.05) is 0 Å². The number of hydrogen-bond donors (Lipinski definition) is 0. The van der Waals surface area contributed by atoms with Crippen molar-refractivity contribution in [3.05, 3.63) is 12.2 Å². The Labute approximate surface area is 129 Å². The Morgan fingerprint density at radius 3 is 2.38 bits per heavy atom. The molecule has 0 aromatic rings. The van der Waals surface area contributed by atoms with Gasteiger partial charge in [-0.1, -0.05) is 51.7 Å². The largest absolute Gasteiger partial charge is 0.393 e. The highest BCUT2D eigenvalue weighted by Gasteiger charge is 2.38. The molecule has 0 aromatic heterocycles. The number of hydrogen-bond acceptors (Lipinski definition) is 3. The molecule has 1 saturated heterocycles. The predicted octanol–water partition coefficient (Wildman–Crippen LogP) is 4.80. The fraction of sp³-hybridized carbons (Fsp3) is 0.778. The molecule has 2 unspecified atom stereocenters. The van der Waals surface area contributed by atoms with Crippen LogP contribution in [0.3, 0.4) is 0 Å². The van der Waals surface area contributed by atoms with Crippen molar-refractivity contribution in [3.8, 4) is 0 Å². The van der Waals surface area contributed by atoms with Crippen LogP contribution in [-0.4, -0.2) is 11.9 Å². The minimum absolute atomic E-state index is 0.181. The summed E-state index contributed by atoms with van der Waals surface area (Å²) in [5, 5.41) is 0. The third-order valence-electron chi connectivity index (χ3n) is 4.22. The van der Waals surface area contributed by atoms with Crippen LogP contribution in [-0.2, 0) is 14.3 Å². The maximum Gasteiger partial charge on any atom is 0.317 e. The molecular weight excluding hydrogens is 264 g/mol. The van der Waals surface area contributed by atoms with E-state index in [9.17, 15) is 9.59 Å². The summed E-state index contributed by atoms with van der Waals surface area (Å²) in [4.78, 5) is 23.0. The van der Waals surface area contributed by atoms with Crippen LogP contribution in [0.25, 0.3) is 0 Å². The molecule has 0 N–H and O–H groups in total. The highest BCUT2D eigenvalue weighted by molar-refractivity contribution is 5.94. The average Bonchev–Trinajstić information content (AvgIpc) is 2.80. The normalized spacial score (nSPS) is 20.2. The van der Waals surface area contributed by atoms with Crippen molar-refractivity contribution < 1.29 is 14.3 Å². The molecule has 3 nitrogen and oxygen atoms in total. The van der Waals surface area contributed by atoms with Crippen molar-refractivity contribution in [2.24, 2.45) is 11.8 Å². The van der Waals surface area contributed by atoms with Gasteiger partial charge < -0.3 is 4.74 Å². The van der Waals surface area contributed by atoms with Gasteiger partial charge in [0.05, 0.1) is 12.3 Å². The number of carbonyl (C=O) groups is 2. The lowest BCUT2D eigenvalue weighted by Gasteiger charge is -2.19. The summed E-state index contributed by atoms with van der Waals surface area (Å²) in [6, 6.07) is 0. The zero-order chi connectivity index (χ0) is 15.5. The molecule has 0 spiro atoms. The minimum atomic E-state index is -0.339. The smallest absolute Gasteiger partial charge is 0.317 e. The van der Waals surface area contributed by atoms with Crippen LogP contribution in [0.1, 0.15) is 78.1 Å². The maximum atomic E-state index is 11.7. The van der Waals surface area contributed by atoms with E-state index in [4.69, 9.17) is 4.74 Å². The van der Waals surface area contributed by atoms with Crippen LogP contribution >= 0.6 is 0 Å². The zero-order valence-electron chi connectivity index (χ0n) is 13.6. The topological polar surface area (TPSA) is 43.4 Å². The number of allylic oxidation sites excluding steroid dienone is 2. The SMILES string of the molecule is CCCC=CCCCCC(CCCC)C1CC(=O)OC1=O. The molecule has 0 bridgehead atoms. The first kappa shape index (κ1) is 17.9. The molecule has 1 aliphatic heterocycles.